The molecule has 0 aromatic heterocycles. The van der Waals surface area contributed by atoms with Crippen molar-refractivity contribution in [2.75, 3.05) is 20.3 Å². The fraction of sp³-hybridized carbons (Fsp3) is 0.357. The molecule has 2 aliphatic rings. The van der Waals surface area contributed by atoms with Gasteiger partial charge in [0.15, 0.2) is 11.5 Å². The molecule has 0 fully saturated rings. The Bertz CT molecular complexity index is 1140. The van der Waals surface area contributed by atoms with Crippen LogP contribution in [0.25, 0.3) is 0 Å². The first-order valence-electron chi connectivity index (χ1n) is 11.9. The van der Waals surface area contributed by atoms with Crippen molar-refractivity contribution in [3.05, 3.63) is 82.7 Å². The van der Waals surface area contributed by atoms with Crippen molar-refractivity contribution in [3.63, 3.8) is 0 Å². The van der Waals surface area contributed by atoms with Crippen molar-refractivity contribution in [2.45, 2.75) is 51.1 Å². The van der Waals surface area contributed by atoms with Gasteiger partial charge >= 0.3 is 0 Å². The van der Waals surface area contributed by atoms with Crippen LogP contribution in [0.5, 0.6) is 17.2 Å². The van der Waals surface area contributed by atoms with E-state index in [0.717, 1.165) is 49.5 Å². The summed E-state index contributed by atoms with van der Waals surface area (Å²) in [6.07, 6.45) is 1.95. The van der Waals surface area contributed by atoms with E-state index in [2.05, 4.69) is 35.2 Å². The molecule has 0 N–H and O–H groups in total. The molecule has 4 nitrogen and oxygen atoms in total. The first kappa shape index (κ1) is 24.4. The summed E-state index contributed by atoms with van der Waals surface area (Å²) >= 11 is 1.15. The molecule has 2 heterocycles. The van der Waals surface area contributed by atoms with E-state index in [9.17, 15) is 4.39 Å². The van der Waals surface area contributed by atoms with Crippen LogP contribution in [0.15, 0.2) is 59.5 Å². The number of fused-ring (bicyclic) bond motifs is 4. The van der Waals surface area contributed by atoms with Crippen molar-refractivity contribution in [1.82, 2.24) is 4.90 Å². The molecule has 0 bridgehead atoms. The van der Waals surface area contributed by atoms with Crippen LogP contribution in [0, 0.1) is 5.82 Å². The van der Waals surface area contributed by atoms with Gasteiger partial charge in [-0.25, -0.2) is 4.39 Å². The number of hydrogen-bond acceptors (Lipinski definition) is 5. The predicted molar refractivity (Wildman–Crippen MR) is 135 cm³/mol. The summed E-state index contributed by atoms with van der Waals surface area (Å²) in [5.74, 6) is 2.05. The molecule has 2 aliphatic heterocycles. The summed E-state index contributed by atoms with van der Waals surface area (Å²) in [7, 11) is 1.72. The van der Waals surface area contributed by atoms with Crippen molar-refractivity contribution in [2.24, 2.45) is 0 Å². The third kappa shape index (κ3) is 5.18. The summed E-state index contributed by atoms with van der Waals surface area (Å²) in [5, 5.41) is 0. The van der Waals surface area contributed by atoms with E-state index in [-0.39, 0.29) is 5.82 Å². The van der Waals surface area contributed by atoms with E-state index in [1.165, 1.54) is 34.4 Å². The minimum atomic E-state index is -0.276. The smallest absolute Gasteiger partial charge is 0.180 e. The lowest BCUT2D eigenvalue weighted by Gasteiger charge is -2.41. The average molecular weight is 482 g/mol. The predicted octanol–water partition coefficient (Wildman–Crippen LogP) is 7.00. The molecule has 0 saturated heterocycles. The second kappa shape index (κ2) is 11.2. The maximum Gasteiger partial charge on any atom is 0.180 e. The normalized spacial score (nSPS) is 16.3. The zero-order chi connectivity index (χ0) is 24.1. The Balaban J connectivity index is 0.00000133. The quantitative estimate of drug-likeness (QED) is 0.354. The van der Waals surface area contributed by atoms with Gasteiger partial charge in [0.2, 0.25) is 0 Å². The minimum absolute atomic E-state index is 0.276. The highest BCUT2D eigenvalue weighted by Gasteiger charge is 2.33. The Morgan fingerprint density at radius 2 is 1.82 bits per heavy atom. The van der Waals surface area contributed by atoms with Gasteiger partial charge in [-0.3, -0.25) is 4.90 Å². The van der Waals surface area contributed by atoms with Crippen molar-refractivity contribution >= 4 is 12.0 Å². The highest BCUT2D eigenvalue weighted by atomic mass is 32.2. The molecule has 1 unspecified atom stereocenters. The van der Waals surface area contributed by atoms with Crippen LogP contribution in [0.3, 0.4) is 0 Å². The minimum Gasteiger partial charge on any atom is -0.497 e. The zero-order valence-electron chi connectivity index (χ0n) is 20.3. The first-order chi connectivity index (χ1) is 16.6. The monoisotopic (exact) mass is 481 g/mol. The van der Waals surface area contributed by atoms with Crippen LogP contribution in [-0.2, 0) is 19.4 Å². The van der Waals surface area contributed by atoms with E-state index in [4.69, 9.17) is 13.7 Å². The highest BCUT2D eigenvalue weighted by molar-refractivity contribution is 7.95. The average Bonchev–Trinajstić information content (AvgIpc) is 2.87. The second-order valence-electron chi connectivity index (χ2n) is 8.13. The van der Waals surface area contributed by atoms with Gasteiger partial charge in [0.1, 0.15) is 11.6 Å². The van der Waals surface area contributed by atoms with Crippen LogP contribution < -0.4 is 13.7 Å². The molecule has 0 amide bonds. The molecule has 6 heteroatoms. The summed E-state index contributed by atoms with van der Waals surface area (Å²) in [5.41, 5.74) is 5.31. The largest absolute Gasteiger partial charge is 0.497 e. The molecule has 3 aromatic rings. The van der Waals surface area contributed by atoms with E-state index in [1.807, 2.05) is 26.8 Å². The van der Waals surface area contributed by atoms with Gasteiger partial charge in [0, 0.05) is 19.1 Å². The lowest BCUT2D eigenvalue weighted by Crippen LogP contribution is -2.39. The summed E-state index contributed by atoms with van der Waals surface area (Å²) < 4.78 is 30.9. The number of hydrogen-bond donors (Lipinski definition) is 0. The van der Waals surface area contributed by atoms with Crippen LogP contribution in [0.4, 0.5) is 4.39 Å². The van der Waals surface area contributed by atoms with E-state index in [1.54, 1.807) is 13.2 Å². The Morgan fingerprint density at radius 1 is 1.00 bits per heavy atom. The summed E-state index contributed by atoms with van der Waals surface area (Å²) in [4.78, 5) is 3.26. The summed E-state index contributed by atoms with van der Waals surface area (Å²) in [6.45, 7) is 8.45. The molecular weight excluding hydrogens is 449 g/mol. The van der Waals surface area contributed by atoms with Gasteiger partial charge in [-0.05, 0) is 84.5 Å². The molecule has 180 valence electrons. The Kier molecular flexibility index (Phi) is 8.01. The lowest BCUT2D eigenvalue weighted by molar-refractivity contribution is 0.160. The number of methoxy groups -OCH3 is 1. The molecule has 0 radical (unpaired) electrons. The van der Waals surface area contributed by atoms with Gasteiger partial charge in [-0.2, -0.15) is 0 Å². The zero-order valence-corrected chi connectivity index (χ0v) is 21.1. The maximum atomic E-state index is 13.5. The van der Waals surface area contributed by atoms with E-state index >= 15 is 0 Å². The van der Waals surface area contributed by atoms with Gasteiger partial charge in [-0.1, -0.05) is 26.0 Å². The topological polar surface area (TPSA) is 30.9 Å². The molecule has 0 saturated carbocycles. The third-order valence-corrected chi connectivity index (χ3v) is 6.90. The number of rotatable bonds is 6. The first-order valence-corrected chi connectivity index (χ1v) is 12.7. The van der Waals surface area contributed by atoms with Crippen LogP contribution in [0.1, 0.15) is 49.1 Å². The summed E-state index contributed by atoms with van der Waals surface area (Å²) in [6, 6.07) is 17.4. The molecule has 34 heavy (non-hydrogen) atoms. The maximum absolute atomic E-state index is 13.5. The van der Waals surface area contributed by atoms with Crippen molar-refractivity contribution in [1.29, 1.82) is 0 Å². The molecular formula is C28H32FNO3S. The number of halogens is 1. The van der Waals surface area contributed by atoms with Crippen molar-refractivity contribution in [3.8, 4) is 17.2 Å². The molecule has 0 aliphatic carbocycles. The fourth-order valence-electron chi connectivity index (χ4n) is 4.65. The lowest BCUT2D eigenvalue weighted by atomic mass is 9.84. The molecule has 1 atom stereocenters. The van der Waals surface area contributed by atoms with Gasteiger partial charge < -0.3 is 13.7 Å². The van der Waals surface area contributed by atoms with Gasteiger partial charge in [0.05, 0.1) is 30.7 Å². The van der Waals surface area contributed by atoms with Gasteiger partial charge in [0.25, 0.3) is 0 Å². The van der Waals surface area contributed by atoms with Crippen molar-refractivity contribution < 1.29 is 18.0 Å². The van der Waals surface area contributed by atoms with E-state index < -0.39 is 0 Å². The molecule has 5 rings (SSSR count). The number of benzene rings is 3. The van der Waals surface area contributed by atoms with E-state index in [0.29, 0.717) is 23.3 Å². The molecule has 0 spiro atoms. The van der Waals surface area contributed by atoms with Crippen LogP contribution in [-0.4, -0.2) is 25.2 Å². The fourth-order valence-corrected chi connectivity index (χ4v) is 5.26. The molecule has 3 aromatic carbocycles. The second-order valence-corrected chi connectivity index (χ2v) is 8.93. The number of ether oxygens (including phenoxy) is 2. The Morgan fingerprint density at radius 3 is 2.59 bits per heavy atom. The van der Waals surface area contributed by atoms with Crippen LogP contribution >= 0.6 is 12.0 Å². The Hall–Kier alpha value is -2.70. The third-order valence-electron chi connectivity index (χ3n) is 6.19. The standard InChI is InChI=1S/C26H26FNO3S.C2H6/c1-3-30-25-14-19-16-28-10-9-17-11-21(29-2)7-8-23(17)24(28)12-18(19)13-26(25)31-32-22-6-4-5-20(27)15-22;1-2/h4-8,11,13-15,24H,3,9-10,12,16H2,1-2H3;1-2H3. The SMILES string of the molecule is CC.CCOc1cc2c(cc1OSc1cccc(F)c1)CC1c3ccc(OC)cc3CCN1C2. The highest BCUT2D eigenvalue weighted by Crippen LogP contribution is 2.43. The van der Waals surface area contributed by atoms with Crippen LogP contribution in [0.2, 0.25) is 0 Å². The Labute approximate surface area is 206 Å². The van der Waals surface area contributed by atoms with Gasteiger partial charge in [-0.15, -0.1) is 0 Å². The number of nitrogens with zero attached hydrogens (tertiary/aromatic N) is 1.